The monoisotopic (exact) mass is 289 g/mol. The van der Waals surface area contributed by atoms with Crippen LogP contribution in [0.1, 0.15) is 37.1 Å². The molecule has 1 amide bonds. The van der Waals surface area contributed by atoms with E-state index in [1.807, 2.05) is 6.92 Å². The Hall–Kier alpha value is -1.20. The first-order valence-corrected chi connectivity index (χ1v) is 8.35. The van der Waals surface area contributed by atoms with E-state index in [1.165, 1.54) is 23.4 Å². The van der Waals surface area contributed by atoms with Crippen LogP contribution in [0.4, 0.5) is 0 Å². The van der Waals surface area contributed by atoms with Crippen LogP contribution in [0, 0.1) is 5.92 Å². The number of fused-ring (bicyclic) bond motifs is 2. The highest BCUT2D eigenvalue weighted by atomic mass is 32.1. The minimum atomic E-state index is 0.112. The molecule has 3 fully saturated rings. The molecule has 5 heterocycles. The van der Waals surface area contributed by atoms with Crippen molar-refractivity contribution >= 4 is 23.0 Å². The zero-order chi connectivity index (χ0) is 13.7. The molecule has 2 unspecified atom stereocenters. The summed E-state index contributed by atoms with van der Waals surface area (Å²) in [5.41, 5.74) is 1.27. The van der Waals surface area contributed by atoms with Crippen LogP contribution in [0.3, 0.4) is 0 Å². The van der Waals surface area contributed by atoms with Gasteiger partial charge in [-0.25, -0.2) is 5.01 Å². The predicted octanol–water partition coefficient (Wildman–Crippen LogP) is 2.49. The van der Waals surface area contributed by atoms with Crippen LogP contribution in [-0.2, 0) is 4.79 Å². The van der Waals surface area contributed by atoms with Crippen LogP contribution >= 0.6 is 11.3 Å². The van der Waals surface area contributed by atoms with E-state index < -0.39 is 0 Å². The molecule has 0 saturated carbocycles. The van der Waals surface area contributed by atoms with Gasteiger partial charge >= 0.3 is 0 Å². The van der Waals surface area contributed by atoms with Crippen LogP contribution in [0.25, 0.3) is 0 Å². The fraction of sp³-hybridized carbons (Fsp3) is 0.600. The lowest BCUT2D eigenvalue weighted by atomic mass is 9.79. The highest BCUT2D eigenvalue weighted by Gasteiger charge is 2.51. The second-order valence-corrected chi connectivity index (χ2v) is 6.81. The molecular weight excluding hydrogens is 270 g/mol. The lowest BCUT2D eigenvalue weighted by Gasteiger charge is -2.45. The third kappa shape index (κ3) is 1.69. The van der Waals surface area contributed by atoms with Crippen LogP contribution < -0.4 is 0 Å². The Morgan fingerprint density at radius 2 is 2.20 bits per heavy atom. The number of nitrogens with zero attached hydrogens (tertiary/aromatic N) is 3. The molecule has 2 atom stereocenters. The molecule has 3 saturated heterocycles. The van der Waals surface area contributed by atoms with Gasteiger partial charge in [-0.05, 0) is 37.4 Å². The van der Waals surface area contributed by atoms with Crippen molar-refractivity contribution in [3.8, 4) is 0 Å². The van der Waals surface area contributed by atoms with Gasteiger partial charge in [-0.2, -0.15) is 5.10 Å². The maximum Gasteiger partial charge on any atom is 0.243 e. The van der Waals surface area contributed by atoms with E-state index in [4.69, 9.17) is 5.10 Å². The molecule has 1 aromatic rings. The van der Waals surface area contributed by atoms with Gasteiger partial charge in [0.05, 0.1) is 11.8 Å². The summed E-state index contributed by atoms with van der Waals surface area (Å²) in [6, 6.07) is 4.66. The normalized spacial score (nSPS) is 35.0. The number of amides is 1. The van der Waals surface area contributed by atoms with Gasteiger partial charge in [0.15, 0.2) is 0 Å². The number of piperidine rings is 3. The summed E-state index contributed by atoms with van der Waals surface area (Å²) in [5, 5.41) is 8.64. The average Bonchev–Trinajstić information content (AvgIpc) is 3.14. The largest absolute Gasteiger partial charge is 0.293 e. The van der Waals surface area contributed by atoms with E-state index >= 15 is 0 Å². The Bertz CT molecular complexity index is 545. The van der Waals surface area contributed by atoms with Crippen molar-refractivity contribution in [3.05, 3.63) is 22.4 Å². The van der Waals surface area contributed by atoms with Gasteiger partial charge in [-0.15, -0.1) is 11.3 Å². The first kappa shape index (κ1) is 12.5. The van der Waals surface area contributed by atoms with Crippen LogP contribution in [0.2, 0.25) is 0 Å². The Morgan fingerprint density at radius 1 is 1.40 bits per heavy atom. The number of thiophene rings is 1. The Morgan fingerprint density at radius 3 is 2.85 bits per heavy atom. The molecule has 4 aliphatic heterocycles. The second-order valence-electron chi connectivity index (χ2n) is 5.83. The maximum absolute atomic E-state index is 12.3. The highest BCUT2D eigenvalue weighted by molar-refractivity contribution is 7.10. The van der Waals surface area contributed by atoms with Gasteiger partial charge in [-0.3, -0.25) is 9.69 Å². The lowest BCUT2D eigenvalue weighted by Crippen LogP contribution is -2.56. The summed E-state index contributed by atoms with van der Waals surface area (Å²) in [4.78, 5) is 16.1. The van der Waals surface area contributed by atoms with Crippen molar-refractivity contribution in [3.63, 3.8) is 0 Å². The number of hydrazone groups is 1. The lowest BCUT2D eigenvalue weighted by molar-refractivity contribution is -0.133. The zero-order valence-electron chi connectivity index (χ0n) is 11.7. The standard InChI is InChI=1S/C15H19N3OS/c1-2-12(19)18-14(11-4-3-9-20-11)15-13(16-18)10-5-7-17(15)8-6-10/h3-4,9-10,14-15H,2,5-8H2,1H3. The number of hydrogen-bond donors (Lipinski definition) is 0. The van der Waals surface area contributed by atoms with Gasteiger partial charge in [0.25, 0.3) is 0 Å². The van der Waals surface area contributed by atoms with Crippen molar-refractivity contribution in [1.82, 2.24) is 9.91 Å². The number of carbonyl (C=O) groups excluding carboxylic acids is 1. The Kier molecular flexibility index (Phi) is 2.93. The predicted molar refractivity (Wildman–Crippen MR) is 79.7 cm³/mol. The van der Waals surface area contributed by atoms with E-state index in [0.29, 0.717) is 18.4 Å². The molecule has 106 valence electrons. The molecule has 5 rings (SSSR count). The fourth-order valence-corrected chi connectivity index (χ4v) is 4.67. The second kappa shape index (κ2) is 4.67. The first-order valence-electron chi connectivity index (χ1n) is 7.47. The maximum atomic E-state index is 12.3. The molecule has 0 spiro atoms. The van der Waals surface area contributed by atoms with Crippen molar-refractivity contribution in [2.24, 2.45) is 11.0 Å². The van der Waals surface area contributed by atoms with Gasteiger partial charge in [0, 0.05) is 17.2 Å². The molecular formula is C15H19N3OS. The van der Waals surface area contributed by atoms with E-state index in [-0.39, 0.29) is 11.9 Å². The summed E-state index contributed by atoms with van der Waals surface area (Å²) in [6.07, 6.45) is 2.94. The fourth-order valence-electron chi connectivity index (χ4n) is 3.83. The topological polar surface area (TPSA) is 35.9 Å². The molecule has 5 heteroatoms. The molecule has 20 heavy (non-hydrogen) atoms. The van der Waals surface area contributed by atoms with Gasteiger partial charge in [-0.1, -0.05) is 13.0 Å². The molecule has 1 aromatic heterocycles. The summed E-state index contributed by atoms with van der Waals surface area (Å²) in [6.45, 7) is 4.24. The molecule has 0 N–H and O–H groups in total. The van der Waals surface area contributed by atoms with E-state index in [2.05, 4.69) is 22.4 Å². The van der Waals surface area contributed by atoms with Crippen LogP contribution in [0.5, 0.6) is 0 Å². The minimum absolute atomic E-state index is 0.112. The number of carbonyl (C=O) groups is 1. The van der Waals surface area contributed by atoms with E-state index in [9.17, 15) is 4.79 Å². The highest BCUT2D eigenvalue weighted by Crippen LogP contribution is 2.44. The van der Waals surface area contributed by atoms with Crippen LogP contribution in [-0.4, -0.2) is 40.7 Å². The molecule has 2 bridgehead atoms. The van der Waals surface area contributed by atoms with Crippen molar-refractivity contribution in [1.29, 1.82) is 0 Å². The van der Waals surface area contributed by atoms with Gasteiger partial charge in [0.2, 0.25) is 5.91 Å². The summed E-state index contributed by atoms with van der Waals surface area (Å²) in [7, 11) is 0. The van der Waals surface area contributed by atoms with Crippen LogP contribution in [0.15, 0.2) is 22.6 Å². The molecule has 0 radical (unpaired) electrons. The average molecular weight is 289 g/mol. The minimum Gasteiger partial charge on any atom is -0.293 e. The molecule has 4 aliphatic rings. The number of rotatable bonds is 2. The Balaban J connectivity index is 1.77. The summed E-state index contributed by atoms with van der Waals surface area (Å²) in [5.74, 6) is 0.744. The number of hydrogen-bond acceptors (Lipinski definition) is 4. The quantitative estimate of drug-likeness (QED) is 0.838. The zero-order valence-corrected chi connectivity index (χ0v) is 12.5. The van der Waals surface area contributed by atoms with Crippen molar-refractivity contribution < 1.29 is 4.79 Å². The summed E-state index contributed by atoms with van der Waals surface area (Å²) < 4.78 is 0. The smallest absolute Gasteiger partial charge is 0.243 e. The Labute approximate surface area is 123 Å². The molecule has 4 nitrogen and oxygen atoms in total. The molecule has 0 aliphatic carbocycles. The van der Waals surface area contributed by atoms with E-state index in [0.717, 1.165) is 13.1 Å². The first-order chi connectivity index (χ1) is 9.79. The third-order valence-corrected chi connectivity index (χ3v) is 5.77. The van der Waals surface area contributed by atoms with Gasteiger partial charge in [0.1, 0.15) is 6.04 Å². The van der Waals surface area contributed by atoms with Gasteiger partial charge < -0.3 is 0 Å². The van der Waals surface area contributed by atoms with Crippen molar-refractivity contribution in [2.45, 2.75) is 38.3 Å². The SMILES string of the molecule is CCC(=O)N1N=C2C3CCN(CC3)C2C1c1cccs1. The van der Waals surface area contributed by atoms with E-state index in [1.54, 1.807) is 16.3 Å². The summed E-state index contributed by atoms with van der Waals surface area (Å²) >= 11 is 1.74. The third-order valence-electron chi connectivity index (χ3n) is 4.82. The van der Waals surface area contributed by atoms with Crippen molar-refractivity contribution in [2.75, 3.05) is 13.1 Å². The molecule has 0 aromatic carbocycles.